The van der Waals surface area contributed by atoms with E-state index in [1.807, 2.05) is 36.2 Å². The molecule has 0 bridgehead atoms. The number of benzene rings is 1. The van der Waals surface area contributed by atoms with E-state index in [1.54, 1.807) is 13.0 Å². The molecule has 0 saturated carbocycles. The van der Waals surface area contributed by atoms with Crippen LogP contribution in [0.5, 0.6) is 0 Å². The summed E-state index contributed by atoms with van der Waals surface area (Å²) in [4.78, 5) is 17.2. The molecule has 19 heavy (non-hydrogen) atoms. The van der Waals surface area contributed by atoms with Crippen molar-refractivity contribution >= 4 is 34.3 Å². The molecule has 0 aliphatic heterocycles. The molecule has 4 nitrogen and oxygen atoms in total. The van der Waals surface area contributed by atoms with Gasteiger partial charge in [-0.3, -0.25) is 4.79 Å². The van der Waals surface area contributed by atoms with Crippen molar-refractivity contribution < 1.29 is 9.90 Å². The van der Waals surface area contributed by atoms with E-state index in [0.29, 0.717) is 11.6 Å². The summed E-state index contributed by atoms with van der Waals surface area (Å²) in [6.45, 7) is 2.09. The summed E-state index contributed by atoms with van der Waals surface area (Å²) < 4.78 is 0. The fourth-order valence-corrected chi connectivity index (χ4v) is 2.04. The van der Waals surface area contributed by atoms with Crippen molar-refractivity contribution in [2.24, 2.45) is 5.92 Å². The lowest BCUT2D eigenvalue weighted by atomic mass is 10.1. The minimum absolute atomic E-state index is 0.411. The zero-order valence-electron chi connectivity index (χ0n) is 10.8. The Kier molecular flexibility index (Phi) is 3.90. The molecule has 1 N–H and O–H groups in total. The van der Waals surface area contributed by atoms with Crippen molar-refractivity contribution in [3.63, 3.8) is 0 Å². The monoisotopic (exact) mass is 278 g/mol. The van der Waals surface area contributed by atoms with Crippen LogP contribution in [0.3, 0.4) is 0 Å². The Balaban J connectivity index is 2.27. The molecule has 1 unspecified atom stereocenters. The molecule has 0 saturated heterocycles. The van der Waals surface area contributed by atoms with Gasteiger partial charge >= 0.3 is 5.97 Å². The molecule has 0 radical (unpaired) electrons. The highest BCUT2D eigenvalue weighted by Crippen LogP contribution is 2.21. The van der Waals surface area contributed by atoms with Gasteiger partial charge in [-0.25, -0.2) is 4.98 Å². The van der Waals surface area contributed by atoms with Crippen LogP contribution >= 0.6 is 11.6 Å². The van der Waals surface area contributed by atoms with Crippen LogP contribution in [0.4, 0.5) is 5.82 Å². The Labute approximate surface area is 116 Å². The molecule has 100 valence electrons. The van der Waals surface area contributed by atoms with Gasteiger partial charge in [-0.15, -0.1) is 0 Å². The van der Waals surface area contributed by atoms with E-state index in [1.165, 1.54) is 0 Å². The van der Waals surface area contributed by atoms with Crippen LogP contribution in [0.25, 0.3) is 10.9 Å². The molecule has 1 aromatic heterocycles. The SMILES string of the molecule is CC(CN(C)c1ccc2ccc(Cl)cc2n1)C(=O)O. The van der Waals surface area contributed by atoms with Gasteiger partial charge < -0.3 is 10.0 Å². The predicted molar refractivity (Wildman–Crippen MR) is 76.8 cm³/mol. The molecule has 0 aliphatic rings. The van der Waals surface area contributed by atoms with Crippen LogP contribution in [0.2, 0.25) is 5.02 Å². The fraction of sp³-hybridized carbons (Fsp3) is 0.286. The van der Waals surface area contributed by atoms with E-state index in [-0.39, 0.29) is 0 Å². The summed E-state index contributed by atoms with van der Waals surface area (Å²) in [5.74, 6) is -0.514. The Morgan fingerprint density at radius 2 is 2.11 bits per heavy atom. The van der Waals surface area contributed by atoms with Crippen molar-refractivity contribution in [3.05, 3.63) is 35.4 Å². The molecule has 0 amide bonds. The first-order chi connectivity index (χ1) is 8.97. The van der Waals surface area contributed by atoms with Gasteiger partial charge in [0.25, 0.3) is 0 Å². The Hall–Kier alpha value is -1.81. The molecule has 2 aromatic rings. The third kappa shape index (κ3) is 3.15. The maximum Gasteiger partial charge on any atom is 0.308 e. The number of aromatic nitrogens is 1. The Morgan fingerprint density at radius 1 is 1.42 bits per heavy atom. The highest BCUT2D eigenvalue weighted by molar-refractivity contribution is 6.31. The number of nitrogens with zero attached hydrogens (tertiary/aromatic N) is 2. The van der Waals surface area contributed by atoms with Gasteiger partial charge in [-0.2, -0.15) is 0 Å². The van der Waals surface area contributed by atoms with E-state index < -0.39 is 11.9 Å². The van der Waals surface area contributed by atoms with Crippen molar-refractivity contribution in [3.8, 4) is 0 Å². The molecular formula is C14H15ClN2O2. The number of hydrogen-bond acceptors (Lipinski definition) is 3. The minimum Gasteiger partial charge on any atom is -0.481 e. The van der Waals surface area contributed by atoms with Gasteiger partial charge in [0.15, 0.2) is 0 Å². The fourth-order valence-electron chi connectivity index (χ4n) is 1.87. The van der Waals surface area contributed by atoms with E-state index in [4.69, 9.17) is 16.7 Å². The lowest BCUT2D eigenvalue weighted by Crippen LogP contribution is -2.28. The first-order valence-electron chi connectivity index (χ1n) is 5.97. The number of rotatable bonds is 4. The quantitative estimate of drug-likeness (QED) is 0.934. The number of carbonyl (C=O) groups is 1. The number of carboxylic acid groups (broad SMARTS) is 1. The molecule has 5 heteroatoms. The van der Waals surface area contributed by atoms with Crippen LogP contribution < -0.4 is 4.90 Å². The number of halogens is 1. The van der Waals surface area contributed by atoms with Crippen LogP contribution in [0.15, 0.2) is 30.3 Å². The highest BCUT2D eigenvalue weighted by Gasteiger charge is 2.14. The van der Waals surface area contributed by atoms with Crippen LogP contribution in [-0.2, 0) is 4.79 Å². The number of anilines is 1. The average molecular weight is 279 g/mol. The minimum atomic E-state index is -0.810. The molecule has 1 aromatic carbocycles. The van der Waals surface area contributed by atoms with E-state index in [9.17, 15) is 4.79 Å². The Bertz CT molecular complexity index is 615. The lowest BCUT2D eigenvalue weighted by Gasteiger charge is -2.20. The molecule has 0 fully saturated rings. The topological polar surface area (TPSA) is 53.4 Å². The van der Waals surface area contributed by atoms with Crippen LogP contribution in [0, 0.1) is 5.92 Å². The molecular weight excluding hydrogens is 264 g/mol. The average Bonchev–Trinajstić information content (AvgIpc) is 2.37. The molecule has 1 heterocycles. The lowest BCUT2D eigenvalue weighted by molar-refractivity contribution is -0.140. The van der Waals surface area contributed by atoms with E-state index in [2.05, 4.69) is 4.98 Å². The number of fused-ring (bicyclic) bond motifs is 1. The molecule has 2 rings (SSSR count). The third-order valence-electron chi connectivity index (χ3n) is 3.00. The van der Waals surface area contributed by atoms with Gasteiger partial charge in [0.1, 0.15) is 5.82 Å². The summed E-state index contributed by atoms with van der Waals surface area (Å²) in [6.07, 6.45) is 0. The summed E-state index contributed by atoms with van der Waals surface area (Å²) in [5.41, 5.74) is 0.805. The number of aliphatic carboxylic acids is 1. The number of carboxylic acids is 1. The van der Waals surface area contributed by atoms with Crippen molar-refractivity contribution in [1.82, 2.24) is 4.98 Å². The van der Waals surface area contributed by atoms with Gasteiger partial charge in [0.05, 0.1) is 11.4 Å². The first kappa shape index (κ1) is 13.6. The molecule has 0 spiro atoms. The second-order valence-electron chi connectivity index (χ2n) is 4.63. The summed E-state index contributed by atoms with van der Waals surface area (Å²) in [7, 11) is 1.83. The third-order valence-corrected chi connectivity index (χ3v) is 3.23. The zero-order chi connectivity index (χ0) is 14.0. The number of pyridine rings is 1. The number of hydrogen-bond donors (Lipinski definition) is 1. The van der Waals surface area contributed by atoms with E-state index >= 15 is 0 Å². The summed E-state index contributed by atoms with van der Waals surface area (Å²) in [5, 5.41) is 10.6. The van der Waals surface area contributed by atoms with Gasteiger partial charge in [0, 0.05) is 24.0 Å². The largest absolute Gasteiger partial charge is 0.481 e. The summed E-state index contributed by atoms with van der Waals surface area (Å²) in [6, 6.07) is 9.37. The van der Waals surface area contributed by atoms with E-state index in [0.717, 1.165) is 16.7 Å². The first-order valence-corrected chi connectivity index (χ1v) is 6.35. The van der Waals surface area contributed by atoms with Gasteiger partial charge in [-0.1, -0.05) is 24.6 Å². The second kappa shape index (κ2) is 5.45. The maximum atomic E-state index is 10.9. The van der Waals surface area contributed by atoms with Gasteiger partial charge in [-0.05, 0) is 24.3 Å². The van der Waals surface area contributed by atoms with Crippen molar-refractivity contribution in [2.75, 3.05) is 18.5 Å². The second-order valence-corrected chi connectivity index (χ2v) is 5.06. The standard InChI is InChI=1S/C14H15ClN2O2/c1-9(14(18)19)8-17(2)13-6-4-10-3-5-11(15)7-12(10)16-13/h3-7,9H,8H2,1-2H3,(H,18,19). The highest BCUT2D eigenvalue weighted by atomic mass is 35.5. The zero-order valence-corrected chi connectivity index (χ0v) is 11.6. The summed E-state index contributed by atoms with van der Waals surface area (Å²) >= 11 is 5.95. The normalized spacial score (nSPS) is 12.4. The Morgan fingerprint density at radius 3 is 2.79 bits per heavy atom. The van der Waals surface area contributed by atoms with Gasteiger partial charge in [0.2, 0.25) is 0 Å². The molecule has 1 atom stereocenters. The van der Waals surface area contributed by atoms with Crippen LogP contribution in [0.1, 0.15) is 6.92 Å². The smallest absolute Gasteiger partial charge is 0.308 e. The van der Waals surface area contributed by atoms with Crippen LogP contribution in [-0.4, -0.2) is 29.7 Å². The van der Waals surface area contributed by atoms with Crippen molar-refractivity contribution in [1.29, 1.82) is 0 Å². The van der Waals surface area contributed by atoms with Crippen molar-refractivity contribution in [2.45, 2.75) is 6.92 Å². The molecule has 0 aliphatic carbocycles. The predicted octanol–water partition coefficient (Wildman–Crippen LogP) is 3.05. The maximum absolute atomic E-state index is 10.9.